The van der Waals surface area contributed by atoms with E-state index in [4.69, 9.17) is 0 Å². The van der Waals surface area contributed by atoms with Gasteiger partial charge in [0.1, 0.15) is 0 Å². The zero-order chi connectivity index (χ0) is 24.1. The number of carbonyl (C=O) groups is 1. The van der Waals surface area contributed by atoms with Crippen molar-refractivity contribution in [3.05, 3.63) is 59.7 Å². The number of rotatable bonds is 8. The number of halogens is 3. The SMILES string of the molecule is CCN(CC)S(=O)(=O)c1ccc(/C=C/C(=O)Nc2ccc(N(C)C)cc2C(F)(F)F)cc1. The van der Waals surface area contributed by atoms with Crippen LogP contribution in [0.3, 0.4) is 0 Å². The molecular weight excluding hydrogens is 443 g/mol. The summed E-state index contributed by atoms with van der Waals surface area (Å²) in [7, 11) is -0.358. The highest BCUT2D eigenvalue weighted by Crippen LogP contribution is 2.37. The van der Waals surface area contributed by atoms with Crippen molar-refractivity contribution in [2.75, 3.05) is 37.4 Å². The van der Waals surface area contributed by atoms with Gasteiger partial charge in [-0.15, -0.1) is 0 Å². The Morgan fingerprint density at radius 2 is 1.62 bits per heavy atom. The fraction of sp³-hybridized carbons (Fsp3) is 0.318. The fourth-order valence-electron chi connectivity index (χ4n) is 2.96. The Balaban J connectivity index is 2.18. The van der Waals surface area contributed by atoms with Gasteiger partial charge in [-0.3, -0.25) is 4.79 Å². The number of hydrogen-bond acceptors (Lipinski definition) is 4. The molecule has 6 nitrogen and oxygen atoms in total. The molecule has 0 unspecified atom stereocenters. The molecule has 1 amide bonds. The van der Waals surface area contributed by atoms with E-state index < -0.39 is 27.7 Å². The predicted molar refractivity (Wildman–Crippen MR) is 120 cm³/mol. The summed E-state index contributed by atoms with van der Waals surface area (Å²) >= 11 is 0. The predicted octanol–water partition coefficient (Wildman–Crippen LogP) is 4.45. The van der Waals surface area contributed by atoms with Crippen molar-refractivity contribution >= 4 is 33.4 Å². The van der Waals surface area contributed by atoms with Gasteiger partial charge in [0.25, 0.3) is 0 Å². The number of amides is 1. The highest BCUT2D eigenvalue weighted by atomic mass is 32.2. The fourth-order valence-corrected chi connectivity index (χ4v) is 4.42. The molecule has 0 aromatic heterocycles. The Labute approximate surface area is 186 Å². The zero-order valence-electron chi connectivity index (χ0n) is 18.3. The number of nitrogens with one attached hydrogen (secondary N) is 1. The lowest BCUT2D eigenvalue weighted by molar-refractivity contribution is -0.136. The minimum absolute atomic E-state index is 0.124. The third-order valence-corrected chi connectivity index (χ3v) is 6.80. The van der Waals surface area contributed by atoms with Crippen LogP contribution in [0.15, 0.2) is 53.4 Å². The molecule has 0 atom stereocenters. The van der Waals surface area contributed by atoms with Crippen molar-refractivity contribution in [1.29, 1.82) is 0 Å². The summed E-state index contributed by atoms with van der Waals surface area (Å²) in [5.74, 6) is -0.743. The van der Waals surface area contributed by atoms with Crippen molar-refractivity contribution in [2.45, 2.75) is 24.9 Å². The van der Waals surface area contributed by atoms with Gasteiger partial charge in [-0.05, 0) is 42.0 Å². The third-order valence-electron chi connectivity index (χ3n) is 4.73. The van der Waals surface area contributed by atoms with Gasteiger partial charge in [-0.25, -0.2) is 8.42 Å². The van der Waals surface area contributed by atoms with Crippen LogP contribution in [0.4, 0.5) is 24.5 Å². The standard InChI is InChI=1S/C22H26F3N3O3S/c1-5-28(6-2)32(30,31)18-11-7-16(8-12-18)9-14-21(29)26-20-13-10-17(27(3)4)15-19(20)22(23,24)25/h7-15H,5-6H2,1-4H3,(H,26,29)/b14-9+. The summed E-state index contributed by atoms with van der Waals surface area (Å²) in [6.07, 6.45) is -2.15. The van der Waals surface area contributed by atoms with Crippen LogP contribution < -0.4 is 10.2 Å². The van der Waals surface area contributed by atoms with Crippen molar-refractivity contribution < 1.29 is 26.4 Å². The summed E-state index contributed by atoms with van der Waals surface area (Å²) in [6, 6.07) is 9.54. The molecule has 32 heavy (non-hydrogen) atoms. The van der Waals surface area contributed by atoms with Gasteiger partial charge in [0, 0.05) is 38.9 Å². The Bertz CT molecular complexity index is 1080. The highest BCUT2D eigenvalue weighted by molar-refractivity contribution is 7.89. The monoisotopic (exact) mass is 469 g/mol. The average Bonchev–Trinajstić information content (AvgIpc) is 2.72. The molecule has 0 spiro atoms. The van der Waals surface area contributed by atoms with E-state index in [1.807, 2.05) is 0 Å². The van der Waals surface area contributed by atoms with Crippen LogP contribution >= 0.6 is 0 Å². The molecule has 0 fully saturated rings. The van der Waals surface area contributed by atoms with Gasteiger partial charge in [-0.1, -0.05) is 26.0 Å². The quantitative estimate of drug-likeness (QED) is 0.580. The molecule has 0 aliphatic carbocycles. The maximum Gasteiger partial charge on any atom is 0.418 e. The van der Waals surface area contributed by atoms with Gasteiger partial charge < -0.3 is 10.2 Å². The highest BCUT2D eigenvalue weighted by Gasteiger charge is 2.34. The van der Waals surface area contributed by atoms with Crippen LogP contribution in [-0.4, -0.2) is 45.8 Å². The smallest absolute Gasteiger partial charge is 0.378 e. The van der Waals surface area contributed by atoms with Gasteiger partial charge in [-0.2, -0.15) is 17.5 Å². The summed E-state index contributed by atoms with van der Waals surface area (Å²) in [5, 5.41) is 2.25. The lowest BCUT2D eigenvalue weighted by atomic mass is 10.1. The molecule has 10 heteroatoms. The van der Waals surface area contributed by atoms with Crippen LogP contribution in [0.2, 0.25) is 0 Å². The Kier molecular flexibility index (Phi) is 8.08. The molecule has 0 radical (unpaired) electrons. The van der Waals surface area contributed by atoms with E-state index >= 15 is 0 Å². The summed E-state index contributed by atoms with van der Waals surface area (Å²) < 4.78 is 66.5. The second-order valence-electron chi connectivity index (χ2n) is 7.10. The first kappa shape index (κ1) is 25.4. The normalized spacial score (nSPS) is 12.4. The maximum absolute atomic E-state index is 13.4. The van der Waals surface area contributed by atoms with E-state index in [-0.39, 0.29) is 10.6 Å². The first-order valence-corrected chi connectivity index (χ1v) is 11.3. The Morgan fingerprint density at radius 3 is 2.12 bits per heavy atom. The molecule has 0 aliphatic heterocycles. The molecule has 2 rings (SSSR count). The van der Waals surface area contributed by atoms with Crippen LogP contribution in [0.1, 0.15) is 25.0 Å². The molecule has 1 N–H and O–H groups in total. The van der Waals surface area contributed by atoms with Crippen LogP contribution in [0.25, 0.3) is 6.08 Å². The molecule has 2 aromatic carbocycles. The Morgan fingerprint density at radius 1 is 1.03 bits per heavy atom. The largest absolute Gasteiger partial charge is 0.418 e. The number of carbonyl (C=O) groups excluding carboxylic acids is 1. The van der Waals surface area contributed by atoms with Crippen LogP contribution in [0, 0.1) is 0 Å². The molecular formula is C22H26F3N3O3S. The Hall–Kier alpha value is -2.85. The average molecular weight is 470 g/mol. The number of sulfonamides is 1. The lowest BCUT2D eigenvalue weighted by Gasteiger charge is -2.18. The van der Waals surface area contributed by atoms with Crippen molar-refractivity contribution in [1.82, 2.24) is 4.31 Å². The molecule has 0 aliphatic rings. The van der Waals surface area contributed by atoms with E-state index in [1.54, 1.807) is 27.9 Å². The second-order valence-corrected chi connectivity index (χ2v) is 9.04. The second kappa shape index (κ2) is 10.2. The van der Waals surface area contributed by atoms with Gasteiger partial charge in [0.2, 0.25) is 15.9 Å². The maximum atomic E-state index is 13.4. The van der Waals surface area contributed by atoms with E-state index in [9.17, 15) is 26.4 Å². The van der Waals surface area contributed by atoms with E-state index in [1.165, 1.54) is 51.7 Å². The van der Waals surface area contributed by atoms with E-state index in [2.05, 4.69) is 5.32 Å². The molecule has 0 saturated heterocycles. The molecule has 2 aromatic rings. The summed E-state index contributed by atoms with van der Waals surface area (Å²) in [4.78, 5) is 13.9. The lowest BCUT2D eigenvalue weighted by Crippen LogP contribution is -2.30. The first-order chi connectivity index (χ1) is 14.9. The van der Waals surface area contributed by atoms with Gasteiger partial charge in [0.05, 0.1) is 16.1 Å². The zero-order valence-corrected chi connectivity index (χ0v) is 19.1. The first-order valence-electron chi connectivity index (χ1n) is 9.88. The summed E-state index contributed by atoms with van der Waals surface area (Å²) in [5.41, 5.74) is -0.418. The number of nitrogens with zero attached hydrogens (tertiary/aromatic N) is 2. The number of anilines is 2. The molecule has 0 bridgehead atoms. The van der Waals surface area contributed by atoms with Crippen molar-refractivity contribution in [2.24, 2.45) is 0 Å². The van der Waals surface area contributed by atoms with Crippen LogP contribution in [-0.2, 0) is 21.0 Å². The number of benzene rings is 2. The number of alkyl halides is 3. The van der Waals surface area contributed by atoms with Crippen LogP contribution in [0.5, 0.6) is 0 Å². The molecule has 0 heterocycles. The topological polar surface area (TPSA) is 69.7 Å². The van der Waals surface area contributed by atoms with Crippen molar-refractivity contribution in [3.63, 3.8) is 0 Å². The van der Waals surface area contributed by atoms with Gasteiger partial charge in [0.15, 0.2) is 0 Å². The molecule has 174 valence electrons. The third kappa shape index (κ3) is 6.10. The van der Waals surface area contributed by atoms with E-state index in [0.717, 1.165) is 12.1 Å². The number of hydrogen-bond donors (Lipinski definition) is 1. The summed E-state index contributed by atoms with van der Waals surface area (Å²) in [6.45, 7) is 4.18. The van der Waals surface area contributed by atoms with Gasteiger partial charge >= 0.3 is 6.18 Å². The molecule has 0 saturated carbocycles. The minimum Gasteiger partial charge on any atom is -0.378 e. The van der Waals surface area contributed by atoms with Crippen molar-refractivity contribution in [3.8, 4) is 0 Å². The van der Waals surface area contributed by atoms with E-state index in [0.29, 0.717) is 24.3 Å². The minimum atomic E-state index is -4.63.